The maximum Gasteiger partial charge on any atom is 0.0593 e. The number of aromatic nitrogens is 2. The predicted octanol–water partition coefficient (Wildman–Crippen LogP) is 2.87. The molecule has 0 spiro atoms. The Morgan fingerprint density at radius 2 is 1.89 bits per heavy atom. The second-order valence-corrected chi connectivity index (χ2v) is 4.40. The van der Waals surface area contributed by atoms with Gasteiger partial charge in [-0.2, -0.15) is 0 Å². The van der Waals surface area contributed by atoms with Crippen molar-refractivity contribution >= 4 is 0 Å². The first-order valence-corrected chi connectivity index (χ1v) is 6.37. The van der Waals surface area contributed by atoms with E-state index in [2.05, 4.69) is 34.3 Å². The summed E-state index contributed by atoms with van der Waals surface area (Å²) in [5.74, 6) is 0. The van der Waals surface area contributed by atoms with Gasteiger partial charge in [0.15, 0.2) is 0 Å². The van der Waals surface area contributed by atoms with Gasteiger partial charge in [0.05, 0.1) is 6.04 Å². The van der Waals surface area contributed by atoms with Crippen LogP contribution in [0.3, 0.4) is 0 Å². The number of hydrogen-bond donors (Lipinski definition) is 1. The largest absolute Gasteiger partial charge is 0.306 e. The Hall–Kier alpha value is -1.74. The summed E-state index contributed by atoms with van der Waals surface area (Å²) in [7, 11) is 0. The van der Waals surface area contributed by atoms with Crippen LogP contribution in [-0.4, -0.2) is 16.5 Å². The number of nitrogens with zero attached hydrogens (tertiary/aromatic N) is 2. The molecule has 1 atom stereocenters. The number of pyridine rings is 2. The third-order valence-corrected chi connectivity index (χ3v) is 2.91. The lowest BCUT2D eigenvalue weighted by atomic mass is 10.0. The van der Waals surface area contributed by atoms with Crippen molar-refractivity contribution < 1.29 is 0 Å². The summed E-state index contributed by atoms with van der Waals surface area (Å²) in [6.07, 6.45) is 6.72. The van der Waals surface area contributed by atoms with Crippen LogP contribution in [0.1, 0.15) is 36.2 Å². The standard InChI is InChI=1S/C15H19N3/c1-3-8-17-15(13-6-9-16-10-7-13)14-5-4-12(2)18-11-14/h4-7,9-11,15,17H,3,8H2,1-2H3. The van der Waals surface area contributed by atoms with Gasteiger partial charge >= 0.3 is 0 Å². The molecule has 0 aliphatic rings. The van der Waals surface area contributed by atoms with Crippen molar-refractivity contribution in [2.24, 2.45) is 0 Å². The minimum Gasteiger partial charge on any atom is -0.306 e. The van der Waals surface area contributed by atoms with Crippen molar-refractivity contribution in [3.05, 3.63) is 59.7 Å². The predicted molar refractivity (Wildman–Crippen MR) is 73.3 cm³/mol. The monoisotopic (exact) mass is 241 g/mol. The molecule has 2 heterocycles. The number of nitrogens with one attached hydrogen (secondary N) is 1. The summed E-state index contributed by atoms with van der Waals surface area (Å²) >= 11 is 0. The molecule has 0 aromatic carbocycles. The molecule has 94 valence electrons. The van der Waals surface area contributed by atoms with Crippen LogP contribution in [0.5, 0.6) is 0 Å². The molecule has 18 heavy (non-hydrogen) atoms. The lowest BCUT2D eigenvalue weighted by molar-refractivity contribution is 0.596. The summed E-state index contributed by atoms with van der Waals surface area (Å²) in [6.45, 7) is 5.16. The molecular formula is C15H19N3. The highest BCUT2D eigenvalue weighted by molar-refractivity contribution is 5.29. The zero-order valence-corrected chi connectivity index (χ0v) is 10.9. The summed E-state index contributed by atoms with van der Waals surface area (Å²) in [4.78, 5) is 8.45. The van der Waals surface area contributed by atoms with E-state index < -0.39 is 0 Å². The van der Waals surface area contributed by atoms with E-state index in [1.165, 1.54) is 11.1 Å². The van der Waals surface area contributed by atoms with Crippen molar-refractivity contribution in [2.75, 3.05) is 6.54 Å². The van der Waals surface area contributed by atoms with Crippen LogP contribution in [0.15, 0.2) is 42.9 Å². The zero-order chi connectivity index (χ0) is 12.8. The fraction of sp³-hybridized carbons (Fsp3) is 0.333. The molecule has 0 aliphatic heterocycles. The normalized spacial score (nSPS) is 12.3. The molecular weight excluding hydrogens is 222 g/mol. The molecule has 0 radical (unpaired) electrons. The lowest BCUT2D eigenvalue weighted by Crippen LogP contribution is -2.23. The quantitative estimate of drug-likeness (QED) is 0.874. The molecule has 3 heteroatoms. The van der Waals surface area contributed by atoms with Gasteiger partial charge in [-0.1, -0.05) is 13.0 Å². The van der Waals surface area contributed by atoms with E-state index in [1.807, 2.05) is 37.6 Å². The van der Waals surface area contributed by atoms with Gasteiger partial charge in [-0.15, -0.1) is 0 Å². The first kappa shape index (κ1) is 12.7. The van der Waals surface area contributed by atoms with Crippen LogP contribution < -0.4 is 5.32 Å². The zero-order valence-electron chi connectivity index (χ0n) is 10.9. The van der Waals surface area contributed by atoms with E-state index in [9.17, 15) is 0 Å². The van der Waals surface area contributed by atoms with E-state index in [-0.39, 0.29) is 6.04 Å². The summed E-state index contributed by atoms with van der Waals surface area (Å²) in [5, 5.41) is 3.55. The highest BCUT2D eigenvalue weighted by atomic mass is 14.9. The van der Waals surface area contributed by atoms with E-state index in [0.717, 1.165) is 18.7 Å². The van der Waals surface area contributed by atoms with Crippen LogP contribution in [0.2, 0.25) is 0 Å². The molecule has 0 fully saturated rings. The number of hydrogen-bond acceptors (Lipinski definition) is 3. The van der Waals surface area contributed by atoms with Gasteiger partial charge in [0.1, 0.15) is 0 Å². The van der Waals surface area contributed by atoms with Gasteiger partial charge in [-0.05, 0) is 49.2 Å². The van der Waals surface area contributed by atoms with Crippen LogP contribution in [-0.2, 0) is 0 Å². The van der Waals surface area contributed by atoms with Gasteiger partial charge in [0, 0.05) is 24.3 Å². The highest BCUT2D eigenvalue weighted by Crippen LogP contribution is 2.20. The minimum atomic E-state index is 0.195. The van der Waals surface area contributed by atoms with Gasteiger partial charge in [0.2, 0.25) is 0 Å². The van der Waals surface area contributed by atoms with Crippen molar-refractivity contribution in [2.45, 2.75) is 26.3 Å². The van der Waals surface area contributed by atoms with Gasteiger partial charge in [-0.3, -0.25) is 9.97 Å². The van der Waals surface area contributed by atoms with Crippen LogP contribution in [0.25, 0.3) is 0 Å². The van der Waals surface area contributed by atoms with Crippen LogP contribution >= 0.6 is 0 Å². The Balaban J connectivity index is 2.27. The van der Waals surface area contributed by atoms with E-state index in [0.29, 0.717) is 0 Å². The molecule has 0 amide bonds. The Kier molecular flexibility index (Phi) is 4.42. The molecule has 1 unspecified atom stereocenters. The Morgan fingerprint density at radius 3 is 2.50 bits per heavy atom. The van der Waals surface area contributed by atoms with E-state index in [1.54, 1.807) is 0 Å². The summed E-state index contributed by atoms with van der Waals surface area (Å²) in [6, 6.07) is 8.48. The molecule has 0 bridgehead atoms. The molecule has 0 saturated heterocycles. The summed E-state index contributed by atoms with van der Waals surface area (Å²) in [5.41, 5.74) is 3.46. The molecule has 1 N–H and O–H groups in total. The Morgan fingerprint density at radius 1 is 1.11 bits per heavy atom. The van der Waals surface area contributed by atoms with Gasteiger partial charge < -0.3 is 5.32 Å². The third kappa shape index (κ3) is 3.14. The Labute approximate surface area is 108 Å². The highest BCUT2D eigenvalue weighted by Gasteiger charge is 2.12. The molecule has 3 nitrogen and oxygen atoms in total. The van der Waals surface area contributed by atoms with Gasteiger partial charge in [-0.25, -0.2) is 0 Å². The van der Waals surface area contributed by atoms with Crippen molar-refractivity contribution in [1.82, 2.24) is 15.3 Å². The molecule has 2 rings (SSSR count). The van der Waals surface area contributed by atoms with Gasteiger partial charge in [0.25, 0.3) is 0 Å². The van der Waals surface area contributed by atoms with Crippen molar-refractivity contribution in [1.29, 1.82) is 0 Å². The second-order valence-electron chi connectivity index (χ2n) is 4.40. The summed E-state index contributed by atoms with van der Waals surface area (Å²) < 4.78 is 0. The third-order valence-electron chi connectivity index (χ3n) is 2.91. The Bertz CT molecular complexity index is 465. The van der Waals surface area contributed by atoms with E-state index >= 15 is 0 Å². The first-order valence-electron chi connectivity index (χ1n) is 6.37. The molecule has 2 aromatic heterocycles. The van der Waals surface area contributed by atoms with Crippen molar-refractivity contribution in [3.63, 3.8) is 0 Å². The van der Waals surface area contributed by atoms with E-state index in [4.69, 9.17) is 0 Å². The molecule has 0 aliphatic carbocycles. The molecule has 0 saturated carbocycles. The first-order chi connectivity index (χ1) is 8.81. The smallest absolute Gasteiger partial charge is 0.0593 e. The number of aryl methyl sites for hydroxylation is 1. The van der Waals surface area contributed by atoms with Crippen molar-refractivity contribution in [3.8, 4) is 0 Å². The minimum absolute atomic E-state index is 0.195. The average molecular weight is 241 g/mol. The average Bonchev–Trinajstić information content (AvgIpc) is 2.42. The SMILES string of the molecule is CCCNC(c1ccncc1)c1ccc(C)nc1. The lowest BCUT2D eigenvalue weighted by Gasteiger charge is -2.19. The van der Waals surface area contributed by atoms with Crippen LogP contribution in [0.4, 0.5) is 0 Å². The topological polar surface area (TPSA) is 37.8 Å². The maximum atomic E-state index is 4.38. The van der Waals surface area contributed by atoms with Crippen LogP contribution in [0, 0.1) is 6.92 Å². The second kappa shape index (κ2) is 6.26. The maximum absolute atomic E-state index is 4.38. The molecule has 2 aromatic rings. The number of rotatable bonds is 5. The fourth-order valence-electron chi connectivity index (χ4n) is 1.92. The fourth-order valence-corrected chi connectivity index (χ4v) is 1.92.